The molecule has 1 aliphatic rings. The molecular formula is C14H16N2. The van der Waals surface area contributed by atoms with E-state index in [1.807, 2.05) is 18.2 Å². The summed E-state index contributed by atoms with van der Waals surface area (Å²) in [5.74, 6) is 0.260. The highest BCUT2D eigenvalue weighted by molar-refractivity contribution is 5.85. The molecule has 0 atom stereocenters. The van der Waals surface area contributed by atoms with Gasteiger partial charge < -0.3 is 0 Å². The lowest BCUT2D eigenvalue weighted by Gasteiger charge is -2.17. The van der Waals surface area contributed by atoms with Gasteiger partial charge in [-0.15, -0.1) is 0 Å². The Labute approximate surface area is 96.6 Å². The lowest BCUT2D eigenvalue weighted by molar-refractivity contribution is 0.544. The largest absolute Gasteiger partial charge is 0.289 e. The van der Waals surface area contributed by atoms with Crippen molar-refractivity contribution < 1.29 is 0 Å². The molecule has 0 radical (unpaired) electrons. The molecule has 0 amide bonds. The van der Waals surface area contributed by atoms with Crippen LogP contribution >= 0.6 is 0 Å². The third kappa shape index (κ3) is 2.93. The van der Waals surface area contributed by atoms with Crippen LogP contribution in [0, 0.1) is 17.2 Å². The van der Waals surface area contributed by atoms with E-state index in [9.17, 15) is 0 Å². The van der Waals surface area contributed by atoms with Crippen LogP contribution in [0.4, 0.5) is 0 Å². The van der Waals surface area contributed by atoms with E-state index >= 15 is 0 Å². The molecule has 16 heavy (non-hydrogen) atoms. The van der Waals surface area contributed by atoms with Gasteiger partial charge in [-0.05, 0) is 31.2 Å². The Bertz CT molecular complexity index is 390. The van der Waals surface area contributed by atoms with Crippen molar-refractivity contribution in [1.29, 1.82) is 5.26 Å². The first kappa shape index (κ1) is 10.9. The van der Waals surface area contributed by atoms with Gasteiger partial charge in [0.15, 0.2) is 0 Å². The van der Waals surface area contributed by atoms with Gasteiger partial charge in [0.1, 0.15) is 0 Å². The summed E-state index contributed by atoms with van der Waals surface area (Å²) in [6, 6.07) is 12.7. The Kier molecular flexibility index (Phi) is 3.71. The highest BCUT2D eigenvalue weighted by Crippen LogP contribution is 2.21. The van der Waals surface area contributed by atoms with E-state index in [1.165, 1.54) is 11.3 Å². The Hall–Kier alpha value is -1.62. The van der Waals surface area contributed by atoms with Crippen LogP contribution in [-0.4, -0.2) is 5.71 Å². The van der Waals surface area contributed by atoms with Crippen molar-refractivity contribution in [3.8, 4) is 6.07 Å². The van der Waals surface area contributed by atoms with Gasteiger partial charge in [0.2, 0.25) is 0 Å². The van der Waals surface area contributed by atoms with Crippen molar-refractivity contribution in [2.75, 3.05) is 0 Å². The number of nitrogens with zero attached hydrogens (tertiary/aromatic N) is 2. The quantitative estimate of drug-likeness (QED) is 0.740. The molecule has 0 bridgehead atoms. The van der Waals surface area contributed by atoms with Crippen molar-refractivity contribution in [1.82, 2.24) is 0 Å². The van der Waals surface area contributed by atoms with Crippen LogP contribution in [0.2, 0.25) is 0 Å². The monoisotopic (exact) mass is 212 g/mol. The Morgan fingerprint density at radius 2 is 1.88 bits per heavy atom. The summed E-state index contributed by atoms with van der Waals surface area (Å²) in [5, 5.41) is 8.80. The van der Waals surface area contributed by atoms with Gasteiger partial charge >= 0.3 is 0 Å². The molecule has 1 aliphatic carbocycles. The number of rotatable bonds is 2. The van der Waals surface area contributed by atoms with Crippen LogP contribution in [0.15, 0.2) is 35.3 Å². The normalized spacial score (nSPS) is 20.2. The maximum atomic E-state index is 8.80. The predicted octanol–water partition coefficient (Wildman–Crippen LogP) is 3.34. The third-order valence-electron chi connectivity index (χ3n) is 3.07. The van der Waals surface area contributed by atoms with Crippen molar-refractivity contribution in [3.63, 3.8) is 0 Å². The van der Waals surface area contributed by atoms with Gasteiger partial charge in [0.25, 0.3) is 0 Å². The molecule has 0 aliphatic heterocycles. The Balaban J connectivity index is 1.88. The fourth-order valence-corrected chi connectivity index (χ4v) is 2.02. The molecule has 2 nitrogen and oxygen atoms in total. The SMILES string of the molecule is N#CC1CCC(=NCc2ccccc2)CC1. The second-order valence-corrected chi connectivity index (χ2v) is 4.27. The van der Waals surface area contributed by atoms with Crippen LogP contribution in [0.1, 0.15) is 31.2 Å². The molecule has 0 saturated heterocycles. The summed E-state index contributed by atoms with van der Waals surface area (Å²) in [7, 11) is 0. The second-order valence-electron chi connectivity index (χ2n) is 4.27. The van der Waals surface area contributed by atoms with Crippen molar-refractivity contribution in [2.45, 2.75) is 32.2 Å². The summed E-state index contributed by atoms with van der Waals surface area (Å²) in [4.78, 5) is 4.63. The highest BCUT2D eigenvalue weighted by Gasteiger charge is 2.16. The first-order valence-corrected chi connectivity index (χ1v) is 5.84. The molecule has 82 valence electrons. The number of hydrogen-bond donors (Lipinski definition) is 0. The fourth-order valence-electron chi connectivity index (χ4n) is 2.02. The molecule has 2 rings (SSSR count). The van der Waals surface area contributed by atoms with Crippen LogP contribution in [0.25, 0.3) is 0 Å². The predicted molar refractivity (Wildman–Crippen MR) is 65.2 cm³/mol. The zero-order valence-electron chi connectivity index (χ0n) is 9.39. The van der Waals surface area contributed by atoms with Crippen molar-refractivity contribution in [2.24, 2.45) is 10.9 Å². The summed E-state index contributed by atoms with van der Waals surface area (Å²) in [6.07, 6.45) is 3.99. The topological polar surface area (TPSA) is 36.1 Å². The lowest BCUT2D eigenvalue weighted by Crippen LogP contribution is -2.12. The van der Waals surface area contributed by atoms with Crippen molar-refractivity contribution in [3.05, 3.63) is 35.9 Å². The Morgan fingerprint density at radius 3 is 2.50 bits per heavy atom. The average molecular weight is 212 g/mol. The average Bonchev–Trinajstić information content (AvgIpc) is 2.38. The van der Waals surface area contributed by atoms with Crippen LogP contribution < -0.4 is 0 Å². The van der Waals surface area contributed by atoms with E-state index in [0.29, 0.717) is 0 Å². The summed E-state index contributed by atoms with van der Waals surface area (Å²) < 4.78 is 0. The molecule has 0 heterocycles. The van der Waals surface area contributed by atoms with Gasteiger partial charge in [-0.25, -0.2) is 0 Å². The minimum Gasteiger partial charge on any atom is -0.289 e. The summed E-state index contributed by atoms with van der Waals surface area (Å²) in [5.41, 5.74) is 2.55. The molecule has 0 spiro atoms. The van der Waals surface area contributed by atoms with Gasteiger partial charge in [-0.2, -0.15) is 5.26 Å². The second kappa shape index (κ2) is 5.46. The molecule has 0 N–H and O–H groups in total. The van der Waals surface area contributed by atoms with Gasteiger partial charge in [-0.1, -0.05) is 30.3 Å². The van der Waals surface area contributed by atoms with Crippen LogP contribution in [0.3, 0.4) is 0 Å². The standard InChI is InChI=1S/C14H16N2/c15-10-12-6-8-14(9-7-12)16-11-13-4-2-1-3-5-13/h1-5,12H,6-9,11H2. The first-order chi connectivity index (χ1) is 7.88. The summed E-state index contributed by atoms with van der Waals surface area (Å²) >= 11 is 0. The van der Waals surface area contributed by atoms with Gasteiger partial charge in [0, 0.05) is 11.6 Å². The molecule has 0 unspecified atom stereocenters. The van der Waals surface area contributed by atoms with E-state index in [2.05, 4.69) is 23.2 Å². The van der Waals surface area contributed by atoms with E-state index in [-0.39, 0.29) is 5.92 Å². The van der Waals surface area contributed by atoms with Gasteiger partial charge in [-0.3, -0.25) is 4.99 Å². The summed E-state index contributed by atoms with van der Waals surface area (Å²) in [6.45, 7) is 0.785. The first-order valence-electron chi connectivity index (χ1n) is 5.84. The number of aliphatic imine (C=N–C) groups is 1. The third-order valence-corrected chi connectivity index (χ3v) is 3.07. The van der Waals surface area contributed by atoms with Crippen molar-refractivity contribution >= 4 is 5.71 Å². The zero-order valence-corrected chi connectivity index (χ0v) is 9.39. The van der Waals surface area contributed by atoms with Crippen LogP contribution in [0.5, 0.6) is 0 Å². The molecule has 2 heteroatoms. The number of benzene rings is 1. The Morgan fingerprint density at radius 1 is 1.19 bits per heavy atom. The maximum Gasteiger partial charge on any atom is 0.0656 e. The lowest BCUT2D eigenvalue weighted by atomic mass is 9.89. The molecule has 1 aromatic carbocycles. The van der Waals surface area contributed by atoms with E-state index in [4.69, 9.17) is 5.26 Å². The smallest absolute Gasteiger partial charge is 0.0656 e. The van der Waals surface area contributed by atoms with E-state index in [0.717, 1.165) is 32.2 Å². The zero-order chi connectivity index (χ0) is 11.2. The number of nitriles is 1. The highest BCUT2D eigenvalue weighted by atomic mass is 14.7. The van der Waals surface area contributed by atoms with E-state index in [1.54, 1.807) is 0 Å². The molecule has 1 fully saturated rings. The fraction of sp³-hybridized carbons (Fsp3) is 0.429. The molecular weight excluding hydrogens is 196 g/mol. The minimum absolute atomic E-state index is 0.260. The number of hydrogen-bond acceptors (Lipinski definition) is 2. The van der Waals surface area contributed by atoms with Gasteiger partial charge in [0.05, 0.1) is 12.6 Å². The van der Waals surface area contributed by atoms with Crippen LogP contribution in [-0.2, 0) is 6.54 Å². The maximum absolute atomic E-state index is 8.80. The minimum atomic E-state index is 0.260. The molecule has 1 aromatic rings. The molecule has 0 aromatic heterocycles. The van der Waals surface area contributed by atoms with E-state index < -0.39 is 0 Å². The molecule has 1 saturated carbocycles.